The Bertz CT molecular complexity index is 1240. The lowest BCUT2D eigenvalue weighted by Gasteiger charge is -2.14. The van der Waals surface area contributed by atoms with Gasteiger partial charge in [-0.1, -0.05) is 41.4 Å². The van der Waals surface area contributed by atoms with E-state index in [9.17, 15) is 4.79 Å². The van der Waals surface area contributed by atoms with Gasteiger partial charge < -0.3 is 14.8 Å². The molecule has 1 saturated heterocycles. The van der Waals surface area contributed by atoms with Gasteiger partial charge in [-0.05, 0) is 88.2 Å². The highest BCUT2D eigenvalue weighted by atomic mass is 79.9. The van der Waals surface area contributed by atoms with E-state index in [-0.39, 0.29) is 5.91 Å². The largest absolute Gasteiger partial charge is 0.493 e. The van der Waals surface area contributed by atoms with Crippen LogP contribution in [0.1, 0.15) is 16.7 Å². The number of carbonyl (C=O) groups is 1. The summed E-state index contributed by atoms with van der Waals surface area (Å²) in [5.74, 6) is 0.950. The summed E-state index contributed by atoms with van der Waals surface area (Å²) in [6, 6.07) is 19.0. The van der Waals surface area contributed by atoms with Crippen molar-refractivity contribution in [2.75, 3.05) is 7.11 Å². The molecule has 3 aromatic rings. The lowest BCUT2D eigenvalue weighted by atomic mass is 10.2. The molecule has 0 saturated carbocycles. The van der Waals surface area contributed by atoms with Crippen molar-refractivity contribution in [3.63, 3.8) is 0 Å². The highest BCUT2D eigenvalue weighted by Crippen LogP contribution is 2.39. The Kier molecular flexibility index (Phi) is 7.42. The number of halogens is 2. The quantitative estimate of drug-likeness (QED) is 0.344. The van der Waals surface area contributed by atoms with Gasteiger partial charge >= 0.3 is 0 Å². The van der Waals surface area contributed by atoms with E-state index in [2.05, 4.69) is 26.2 Å². The second kappa shape index (κ2) is 10.5. The number of nitrogens with zero attached hydrogens (tertiary/aromatic N) is 1. The normalized spacial score (nSPS) is 15.7. The van der Waals surface area contributed by atoms with Crippen LogP contribution >= 0.6 is 39.3 Å². The summed E-state index contributed by atoms with van der Waals surface area (Å²) in [5, 5.41) is 4.04. The van der Waals surface area contributed by atoms with Crippen LogP contribution in [-0.4, -0.2) is 18.2 Å². The Morgan fingerprint density at radius 3 is 2.55 bits per heavy atom. The molecular weight excluding hydrogens is 524 g/mol. The van der Waals surface area contributed by atoms with Crippen molar-refractivity contribution in [3.8, 4) is 11.5 Å². The molecule has 5 nitrogen and oxygen atoms in total. The summed E-state index contributed by atoms with van der Waals surface area (Å²) in [4.78, 5) is 17.5. The monoisotopic (exact) mass is 542 g/mol. The van der Waals surface area contributed by atoms with Gasteiger partial charge in [-0.15, -0.1) is 0 Å². The van der Waals surface area contributed by atoms with E-state index in [0.29, 0.717) is 33.2 Å². The Labute approximate surface area is 210 Å². The van der Waals surface area contributed by atoms with Crippen molar-refractivity contribution in [3.05, 3.63) is 91.8 Å². The maximum absolute atomic E-state index is 12.5. The molecule has 8 heteroatoms. The molecule has 0 bridgehead atoms. The number of hydrogen-bond acceptors (Lipinski definition) is 5. The van der Waals surface area contributed by atoms with Crippen LogP contribution in [0.25, 0.3) is 6.08 Å². The number of amides is 1. The number of ether oxygens (including phenoxy) is 2. The summed E-state index contributed by atoms with van der Waals surface area (Å²) in [6.45, 7) is 2.38. The number of rotatable bonds is 6. The number of hydrogen-bond donors (Lipinski definition) is 1. The van der Waals surface area contributed by atoms with Gasteiger partial charge in [0.25, 0.3) is 5.91 Å². The first-order valence-corrected chi connectivity index (χ1v) is 12.0. The molecular formula is C25H20BrClN2O3S. The molecule has 0 aliphatic carbocycles. The number of aliphatic imine (C=N–C) groups is 1. The number of benzene rings is 3. The summed E-state index contributed by atoms with van der Waals surface area (Å²) in [5.41, 5.74) is 3.73. The highest BCUT2D eigenvalue weighted by molar-refractivity contribution is 9.10. The maximum atomic E-state index is 12.5. The predicted octanol–water partition coefficient (Wildman–Crippen LogP) is 6.89. The summed E-state index contributed by atoms with van der Waals surface area (Å²) in [6.07, 6.45) is 1.80. The van der Waals surface area contributed by atoms with E-state index in [1.54, 1.807) is 13.2 Å². The third kappa shape index (κ3) is 5.99. The number of thioether (sulfide) groups is 1. The molecule has 4 rings (SSSR count). The van der Waals surface area contributed by atoms with Gasteiger partial charge in [-0.3, -0.25) is 4.79 Å². The molecule has 0 radical (unpaired) electrons. The van der Waals surface area contributed by atoms with Crippen molar-refractivity contribution in [1.82, 2.24) is 5.32 Å². The van der Waals surface area contributed by atoms with E-state index in [0.717, 1.165) is 26.9 Å². The van der Waals surface area contributed by atoms with Gasteiger partial charge in [0.05, 0.1) is 22.2 Å². The second-order valence-electron chi connectivity index (χ2n) is 7.27. The molecule has 1 aliphatic rings. The molecule has 3 aromatic carbocycles. The van der Waals surface area contributed by atoms with Gasteiger partial charge in [0.2, 0.25) is 0 Å². The number of carbonyl (C=O) groups excluding carboxylic acids is 1. The van der Waals surface area contributed by atoms with Crippen LogP contribution in [0.4, 0.5) is 5.69 Å². The highest BCUT2D eigenvalue weighted by Gasteiger charge is 2.24. The van der Waals surface area contributed by atoms with Crippen LogP contribution < -0.4 is 14.8 Å². The fraction of sp³-hybridized carbons (Fsp3) is 0.120. The first kappa shape index (κ1) is 23.4. The van der Waals surface area contributed by atoms with Crippen LogP contribution in [0.15, 0.2) is 75.0 Å². The zero-order chi connectivity index (χ0) is 23.4. The average molecular weight is 544 g/mol. The van der Waals surface area contributed by atoms with Crippen molar-refractivity contribution in [2.45, 2.75) is 13.5 Å². The number of nitrogens with one attached hydrogen (secondary N) is 1. The molecule has 1 aliphatic heterocycles. The van der Waals surface area contributed by atoms with Crippen molar-refractivity contribution in [2.24, 2.45) is 4.99 Å². The van der Waals surface area contributed by atoms with E-state index >= 15 is 0 Å². The first-order valence-electron chi connectivity index (χ1n) is 10.0. The van der Waals surface area contributed by atoms with Crippen molar-refractivity contribution < 1.29 is 14.3 Å². The van der Waals surface area contributed by atoms with E-state index in [1.165, 1.54) is 11.8 Å². The van der Waals surface area contributed by atoms with Gasteiger partial charge in [0.1, 0.15) is 6.61 Å². The second-order valence-corrected chi connectivity index (χ2v) is 9.59. The average Bonchev–Trinajstić information content (AvgIpc) is 3.13. The minimum atomic E-state index is -0.191. The Hall–Kier alpha value is -2.74. The number of methoxy groups -OCH3 is 1. The molecule has 0 unspecified atom stereocenters. The minimum absolute atomic E-state index is 0.191. The van der Waals surface area contributed by atoms with Crippen molar-refractivity contribution >= 4 is 62.1 Å². The number of amidine groups is 1. The smallest absolute Gasteiger partial charge is 0.264 e. The van der Waals surface area contributed by atoms with E-state index in [1.807, 2.05) is 67.6 Å². The zero-order valence-electron chi connectivity index (χ0n) is 17.9. The molecule has 0 spiro atoms. The molecule has 1 N–H and O–H groups in total. The topological polar surface area (TPSA) is 59.9 Å². The fourth-order valence-electron chi connectivity index (χ4n) is 3.07. The summed E-state index contributed by atoms with van der Waals surface area (Å²) in [7, 11) is 1.58. The summed E-state index contributed by atoms with van der Waals surface area (Å²) >= 11 is 10.8. The number of aryl methyl sites for hydroxylation is 1. The Balaban J connectivity index is 1.52. The van der Waals surface area contributed by atoms with Gasteiger partial charge in [0, 0.05) is 5.02 Å². The van der Waals surface area contributed by atoms with E-state index in [4.69, 9.17) is 21.1 Å². The molecule has 1 fully saturated rings. The minimum Gasteiger partial charge on any atom is -0.493 e. The van der Waals surface area contributed by atoms with Crippen LogP contribution in [-0.2, 0) is 11.4 Å². The van der Waals surface area contributed by atoms with Crippen molar-refractivity contribution in [1.29, 1.82) is 0 Å². The zero-order valence-corrected chi connectivity index (χ0v) is 21.1. The molecule has 1 amide bonds. The molecule has 0 aromatic heterocycles. The fourth-order valence-corrected chi connectivity index (χ4v) is 4.61. The molecule has 0 atom stereocenters. The van der Waals surface area contributed by atoms with E-state index < -0.39 is 0 Å². The van der Waals surface area contributed by atoms with Gasteiger partial charge in [-0.2, -0.15) is 0 Å². The standard InChI is InChI=1S/C25H20BrClN2O3S/c1-15-3-9-19(10-4-15)28-25-29-24(30)22(33-25)13-17-11-20(26)23(21(12-17)31-2)32-14-16-5-7-18(27)8-6-16/h3-13H,14H2,1-2H3,(H,28,29,30)/b22-13-. The van der Waals surface area contributed by atoms with Gasteiger partial charge in [0.15, 0.2) is 16.7 Å². The Morgan fingerprint density at radius 1 is 1.12 bits per heavy atom. The van der Waals surface area contributed by atoms with Gasteiger partial charge in [-0.25, -0.2) is 4.99 Å². The van der Waals surface area contributed by atoms with Crippen LogP contribution in [0.2, 0.25) is 5.02 Å². The SMILES string of the molecule is COc1cc(/C=C2\SC(=Nc3ccc(C)cc3)NC2=O)cc(Br)c1OCc1ccc(Cl)cc1. The van der Waals surface area contributed by atoms with Crippen LogP contribution in [0.3, 0.4) is 0 Å². The predicted molar refractivity (Wildman–Crippen MR) is 138 cm³/mol. The first-order chi connectivity index (χ1) is 15.9. The lowest BCUT2D eigenvalue weighted by molar-refractivity contribution is -0.115. The third-order valence-electron chi connectivity index (χ3n) is 4.76. The summed E-state index contributed by atoms with van der Waals surface area (Å²) < 4.78 is 12.2. The van der Waals surface area contributed by atoms with Crippen LogP contribution in [0, 0.1) is 6.92 Å². The Morgan fingerprint density at radius 2 is 1.85 bits per heavy atom. The molecule has 1 heterocycles. The molecule has 168 valence electrons. The third-order valence-corrected chi connectivity index (χ3v) is 6.51. The maximum Gasteiger partial charge on any atom is 0.264 e. The van der Waals surface area contributed by atoms with Crippen LogP contribution in [0.5, 0.6) is 11.5 Å². The lowest BCUT2D eigenvalue weighted by Crippen LogP contribution is -2.19. The molecule has 33 heavy (non-hydrogen) atoms.